The number of benzene rings is 1. The van der Waals surface area contributed by atoms with Crippen molar-refractivity contribution in [2.75, 3.05) is 6.61 Å². The Morgan fingerprint density at radius 1 is 1.50 bits per heavy atom. The van der Waals surface area contributed by atoms with Gasteiger partial charge in [0.25, 0.3) is 0 Å². The minimum atomic E-state index is -0.340. The van der Waals surface area contributed by atoms with Crippen molar-refractivity contribution in [1.29, 1.82) is 0 Å². The summed E-state index contributed by atoms with van der Waals surface area (Å²) in [5.74, 6) is -0.340. The maximum absolute atomic E-state index is 11.7. The van der Waals surface area contributed by atoms with Crippen LogP contribution in [0.5, 0.6) is 0 Å². The fraction of sp³-hybridized carbons (Fsp3) is 0.250. The molecule has 0 bridgehead atoms. The lowest BCUT2D eigenvalue weighted by Crippen LogP contribution is -2.02. The normalized spacial score (nSPS) is 10.7. The van der Waals surface area contributed by atoms with Crippen molar-refractivity contribution in [2.45, 2.75) is 13.8 Å². The number of halogens is 1. The molecule has 0 aliphatic carbocycles. The van der Waals surface area contributed by atoms with E-state index in [0.29, 0.717) is 16.5 Å². The molecule has 0 aliphatic heterocycles. The summed E-state index contributed by atoms with van der Waals surface area (Å²) in [6, 6.07) is 5.90. The van der Waals surface area contributed by atoms with E-state index in [9.17, 15) is 4.79 Å². The van der Waals surface area contributed by atoms with E-state index in [1.165, 1.54) is 11.3 Å². The molecule has 2 nitrogen and oxygen atoms in total. The molecule has 2 aromatic rings. The van der Waals surface area contributed by atoms with E-state index in [1.807, 2.05) is 25.1 Å². The molecular formula is C12H11ClO2S. The van der Waals surface area contributed by atoms with Crippen LogP contribution in [0.4, 0.5) is 0 Å². The van der Waals surface area contributed by atoms with Crippen LogP contribution >= 0.6 is 22.9 Å². The van der Waals surface area contributed by atoms with Crippen molar-refractivity contribution >= 4 is 39.0 Å². The van der Waals surface area contributed by atoms with Crippen LogP contribution in [0.15, 0.2) is 18.2 Å². The van der Waals surface area contributed by atoms with Gasteiger partial charge in [-0.15, -0.1) is 11.3 Å². The number of aryl methyl sites for hydroxylation is 1. The number of hydrogen-bond donors (Lipinski definition) is 0. The Bertz CT molecular complexity index is 545. The smallest absolute Gasteiger partial charge is 0.349 e. The molecule has 1 heterocycles. The number of rotatable bonds is 2. The summed E-state index contributed by atoms with van der Waals surface area (Å²) in [7, 11) is 0. The molecule has 0 N–H and O–H groups in total. The fourth-order valence-electron chi connectivity index (χ4n) is 1.60. The van der Waals surface area contributed by atoms with E-state index < -0.39 is 0 Å². The average Bonchev–Trinajstić information content (AvgIpc) is 2.58. The third kappa shape index (κ3) is 1.81. The quantitative estimate of drug-likeness (QED) is 0.756. The second-order valence-electron chi connectivity index (χ2n) is 3.41. The van der Waals surface area contributed by atoms with Gasteiger partial charge in [0.05, 0.1) is 11.6 Å². The van der Waals surface area contributed by atoms with Gasteiger partial charge in [-0.3, -0.25) is 0 Å². The first-order valence-electron chi connectivity index (χ1n) is 5.00. The van der Waals surface area contributed by atoms with Crippen LogP contribution in [0.25, 0.3) is 10.1 Å². The molecule has 2 rings (SSSR count). The molecule has 0 spiro atoms. The summed E-state index contributed by atoms with van der Waals surface area (Å²) in [5.41, 5.74) is 1.08. The Balaban J connectivity index is 2.61. The zero-order valence-electron chi connectivity index (χ0n) is 9.04. The van der Waals surface area contributed by atoms with Crippen LogP contribution in [0.1, 0.15) is 22.2 Å². The van der Waals surface area contributed by atoms with Crippen LogP contribution in [0.3, 0.4) is 0 Å². The van der Waals surface area contributed by atoms with Crippen molar-refractivity contribution < 1.29 is 9.53 Å². The zero-order valence-corrected chi connectivity index (χ0v) is 10.6. The molecule has 0 atom stereocenters. The van der Waals surface area contributed by atoms with Crippen molar-refractivity contribution in [2.24, 2.45) is 0 Å². The van der Waals surface area contributed by atoms with Crippen LogP contribution in [-0.2, 0) is 4.74 Å². The molecular weight excluding hydrogens is 244 g/mol. The van der Waals surface area contributed by atoms with Crippen LogP contribution in [0.2, 0.25) is 5.02 Å². The summed E-state index contributed by atoms with van der Waals surface area (Å²) in [6.07, 6.45) is 0. The second-order valence-corrected chi connectivity index (χ2v) is 4.84. The first-order valence-corrected chi connectivity index (χ1v) is 6.19. The predicted octanol–water partition coefficient (Wildman–Crippen LogP) is 4.04. The van der Waals surface area contributed by atoms with Gasteiger partial charge in [-0.05, 0) is 25.5 Å². The lowest BCUT2D eigenvalue weighted by Gasteiger charge is -1.98. The van der Waals surface area contributed by atoms with Gasteiger partial charge in [-0.25, -0.2) is 4.79 Å². The number of ether oxygens (including phenoxy) is 1. The molecule has 0 aliphatic rings. The van der Waals surface area contributed by atoms with E-state index in [4.69, 9.17) is 16.3 Å². The number of fused-ring (bicyclic) bond motifs is 1. The molecule has 1 aromatic carbocycles. The minimum Gasteiger partial charge on any atom is -0.462 e. The third-order valence-electron chi connectivity index (χ3n) is 2.33. The van der Waals surface area contributed by atoms with Crippen LogP contribution < -0.4 is 0 Å². The van der Waals surface area contributed by atoms with Crippen molar-refractivity contribution in [1.82, 2.24) is 0 Å². The molecule has 0 saturated heterocycles. The Labute approximate surface area is 103 Å². The molecule has 4 heteroatoms. The monoisotopic (exact) mass is 254 g/mol. The highest BCUT2D eigenvalue weighted by Gasteiger charge is 2.18. The molecule has 1 aromatic heterocycles. The van der Waals surface area contributed by atoms with Gasteiger partial charge in [-0.1, -0.05) is 23.7 Å². The summed E-state index contributed by atoms with van der Waals surface area (Å²) < 4.78 is 5.99. The lowest BCUT2D eigenvalue weighted by molar-refractivity contribution is 0.0532. The highest BCUT2D eigenvalue weighted by Crippen LogP contribution is 2.37. The predicted molar refractivity (Wildman–Crippen MR) is 67.5 cm³/mol. The largest absolute Gasteiger partial charge is 0.462 e. The first kappa shape index (κ1) is 11.4. The molecule has 0 saturated carbocycles. The molecule has 0 fully saturated rings. The molecule has 16 heavy (non-hydrogen) atoms. The van der Waals surface area contributed by atoms with E-state index in [2.05, 4.69) is 0 Å². The van der Waals surface area contributed by atoms with Gasteiger partial charge in [0.15, 0.2) is 0 Å². The standard InChI is InChI=1S/C12H11ClO2S/c1-3-15-12(14)11-10(13)9-7(2)5-4-6-8(9)16-11/h4-6H,3H2,1-2H3. The molecule has 84 valence electrons. The Kier molecular flexibility index (Phi) is 3.17. The van der Waals surface area contributed by atoms with Gasteiger partial charge in [-0.2, -0.15) is 0 Å². The third-order valence-corrected chi connectivity index (χ3v) is 3.95. The van der Waals surface area contributed by atoms with Crippen molar-refractivity contribution in [3.8, 4) is 0 Å². The topological polar surface area (TPSA) is 26.3 Å². The number of carbonyl (C=O) groups is 1. The van der Waals surface area contributed by atoms with E-state index in [0.717, 1.165) is 15.6 Å². The fourth-order valence-corrected chi connectivity index (χ4v) is 3.17. The highest BCUT2D eigenvalue weighted by atomic mass is 35.5. The summed E-state index contributed by atoms with van der Waals surface area (Å²) in [5, 5.41) is 1.47. The summed E-state index contributed by atoms with van der Waals surface area (Å²) in [6.45, 7) is 4.13. The Morgan fingerprint density at radius 3 is 2.88 bits per heavy atom. The first-order chi connectivity index (χ1) is 7.65. The van der Waals surface area contributed by atoms with Gasteiger partial charge in [0.1, 0.15) is 4.88 Å². The Morgan fingerprint density at radius 2 is 2.25 bits per heavy atom. The number of carbonyl (C=O) groups excluding carboxylic acids is 1. The average molecular weight is 255 g/mol. The number of thiophene rings is 1. The maximum Gasteiger partial charge on any atom is 0.349 e. The second kappa shape index (κ2) is 4.44. The zero-order chi connectivity index (χ0) is 11.7. The van der Waals surface area contributed by atoms with E-state index in [-0.39, 0.29) is 5.97 Å². The highest BCUT2D eigenvalue weighted by molar-refractivity contribution is 7.21. The summed E-state index contributed by atoms with van der Waals surface area (Å²) >= 11 is 7.58. The number of esters is 1. The molecule has 0 unspecified atom stereocenters. The minimum absolute atomic E-state index is 0.340. The maximum atomic E-state index is 11.7. The Hall–Kier alpha value is -1.06. The van der Waals surface area contributed by atoms with Gasteiger partial charge in [0, 0.05) is 10.1 Å². The van der Waals surface area contributed by atoms with E-state index >= 15 is 0 Å². The molecule has 0 radical (unpaired) electrons. The van der Waals surface area contributed by atoms with E-state index in [1.54, 1.807) is 6.92 Å². The number of hydrogen-bond acceptors (Lipinski definition) is 3. The molecule has 0 amide bonds. The van der Waals surface area contributed by atoms with Gasteiger partial charge < -0.3 is 4.74 Å². The lowest BCUT2D eigenvalue weighted by atomic mass is 10.1. The van der Waals surface area contributed by atoms with Crippen molar-refractivity contribution in [3.63, 3.8) is 0 Å². The van der Waals surface area contributed by atoms with Crippen molar-refractivity contribution in [3.05, 3.63) is 33.7 Å². The summed E-state index contributed by atoms with van der Waals surface area (Å²) in [4.78, 5) is 12.1. The van der Waals surface area contributed by atoms with Crippen LogP contribution in [-0.4, -0.2) is 12.6 Å². The van der Waals surface area contributed by atoms with Crippen LogP contribution in [0, 0.1) is 6.92 Å². The SMILES string of the molecule is CCOC(=O)c1sc2cccc(C)c2c1Cl. The van der Waals surface area contributed by atoms with Gasteiger partial charge in [0.2, 0.25) is 0 Å². The van der Waals surface area contributed by atoms with Gasteiger partial charge >= 0.3 is 5.97 Å².